The Morgan fingerprint density at radius 3 is 2.76 bits per heavy atom. The van der Waals surface area contributed by atoms with Gasteiger partial charge >= 0.3 is 6.03 Å². The molecule has 2 aromatic rings. The normalized spacial score (nSPS) is 12.0. The van der Waals surface area contributed by atoms with Crippen molar-refractivity contribution in [2.45, 2.75) is 40.3 Å². The molecule has 0 saturated heterocycles. The fourth-order valence-electron chi connectivity index (χ4n) is 2.25. The quantitative estimate of drug-likeness (QED) is 0.908. The Morgan fingerprint density at radius 2 is 2.19 bits per heavy atom. The third kappa shape index (κ3) is 3.39. The van der Waals surface area contributed by atoms with Crippen LogP contribution in [0.1, 0.15) is 36.8 Å². The van der Waals surface area contributed by atoms with Crippen molar-refractivity contribution in [3.8, 4) is 0 Å². The minimum Gasteiger partial charge on any atom is -0.331 e. The maximum atomic E-state index is 12.1. The number of carbonyl (C=O) groups excluding carboxylic acids is 1. The van der Waals surface area contributed by atoms with Crippen LogP contribution in [0.2, 0.25) is 0 Å². The zero-order valence-corrected chi connectivity index (χ0v) is 12.8. The summed E-state index contributed by atoms with van der Waals surface area (Å²) in [7, 11) is 0. The van der Waals surface area contributed by atoms with E-state index in [1.807, 2.05) is 44.5 Å². The number of rotatable bonds is 4. The number of amides is 2. The van der Waals surface area contributed by atoms with Crippen molar-refractivity contribution < 1.29 is 4.79 Å². The second-order valence-corrected chi connectivity index (χ2v) is 4.97. The van der Waals surface area contributed by atoms with Crippen LogP contribution >= 0.6 is 0 Å². The Labute approximate surface area is 124 Å². The van der Waals surface area contributed by atoms with Crippen LogP contribution in [-0.4, -0.2) is 20.8 Å². The summed E-state index contributed by atoms with van der Waals surface area (Å²) in [5, 5.41) is 10.2. The van der Waals surface area contributed by atoms with Crippen molar-refractivity contribution in [1.82, 2.24) is 20.1 Å². The Kier molecular flexibility index (Phi) is 4.57. The van der Waals surface area contributed by atoms with Crippen LogP contribution in [0.4, 0.5) is 10.5 Å². The van der Waals surface area contributed by atoms with Gasteiger partial charge in [0.05, 0.1) is 23.1 Å². The molecule has 2 N–H and O–H groups in total. The van der Waals surface area contributed by atoms with E-state index in [1.165, 1.54) is 0 Å². The highest BCUT2D eigenvalue weighted by atomic mass is 16.2. The molecule has 0 aromatic carbocycles. The summed E-state index contributed by atoms with van der Waals surface area (Å²) < 4.78 is 1.87. The topological polar surface area (TPSA) is 71.8 Å². The smallest absolute Gasteiger partial charge is 0.319 e. The average Bonchev–Trinajstić information content (AvgIpc) is 2.75. The van der Waals surface area contributed by atoms with Gasteiger partial charge < -0.3 is 10.6 Å². The first-order valence-electron chi connectivity index (χ1n) is 7.04. The van der Waals surface area contributed by atoms with Crippen molar-refractivity contribution in [3.05, 3.63) is 41.5 Å². The van der Waals surface area contributed by atoms with Gasteiger partial charge in [-0.2, -0.15) is 5.10 Å². The number of aromatic nitrogens is 3. The third-order valence-electron chi connectivity index (χ3n) is 3.45. The SMILES string of the molecule is CCn1nc(C)c(NC(=O)NC(C)c2cccnc2)c1C. The lowest BCUT2D eigenvalue weighted by Crippen LogP contribution is -2.31. The highest BCUT2D eigenvalue weighted by Gasteiger charge is 2.15. The van der Waals surface area contributed by atoms with E-state index in [9.17, 15) is 4.79 Å². The molecule has 112 valence electrons. The molecule has 2 amide bonds. The zero-order chi connectivity index (χ0) is 15.4. The second-order valence-electron chi connectivity index (χ2n) is 4.97. The summed E-state index contributed by atoms with van der Waals surface area (Å²) in [6.45, 7) is 8.56. The lowest BCUT2D eigenvalue weighted by molar-refractivity contribution is 0.249. The van der Waals surface area contributed by atoms with Crippen molar-refractivity contribution in [3.63, 3.8) is 0 Å². The van der Waals surface area contributed by atoms with E-state index in [0.717, 1.165) is 29.2 Å². The van der Waals surface area contributed by atoms with Crippen molar-refractivity contribution in [2.24, 2.45) is 0 Å². The molecule has 2 heterocycles. The van der Waals surface area contributed by atoms with Gasteiger partial charge in [0.1, 0.15) is 0 Å². The van der Waals surface area contributed by atoms with Crippen LogP contribution in [0.3, 0.4) is 0 Å². The van der Waals surface area contributed by atoms with Gasteiger partial charge in [-0.3, -0.25) is 9.67 Å². The molecule has 2 rings (SSSR count). The molecule has 0 bridgehead atoms. The molecule has 1 unspecified atom stereocenters. The van der Waals surface area contributed by atoms with Crippen molar-refractivity contribution >= 4 is 11.7 Å². The molecular weight excluding hydrogens is 266 g/mol. The molecule has 0 spiro atoms. The number of aryl methyl sites for hydroxylation is 2. The molecule has 0 radical (unpaired) electrons. The first kappa shape index (κ1) is 15.0. The fourth-order valence-corrected chi connectivity index (χ4v) is 2.25. The minimum atomic E-state index is -0.242. The number of anilines is 1. The molecule has 1 atom stereocenters. The van der Waals surface area contributed by atoms with Gasteiger partial charge in [0.25, 0.3) is 0 Å². The Hall–Kier alpha value is -2.37. The highest BCUT2D eigenvalue weighted by molar-refractivity contribution is 5.90. The minimum absolute atomic E-state index is 0.111. The molecule has 0 aliphatic carbocycles. The van der Waals surface area contributed by atoms with E-state index in [2.05, 4.69) is 20.7 Å². The van der Waals surface area contributed by atoms with E-state index in [4.69, 9.17) is 0 Å². The molecule has 6 heteroatoms. The molecule has 21 heavy (non-hydrogen) atoms. The van der Waals surface area contributed by atoms with Crippen molar-refractivity contribution in [2.75, 3.05) is 5.32 Å². The van der Waals surface area contributed by atoms with Gasteiger partial charge in [-0.25, -0.2) is 4.79 Å². The van der Waals surface area contributed by atoms with Gasteiger partial charge in [-0.15, -0.1) is 0 Å². The number of nitrogens with one attached hydrogen (secondary N) is 2. The lowest BCUT2D eigenvalue weighted by Gasteiger charge is -2.14. The summed E-state index contributed by atoms with van der Waals surface area (Å²) >= 11 is 0. The maximum Gasteiger partial charge on any atom is 0.319 e. The summed E-state index contributed by atoms with van der Waals surface area (Å²) in [6.07, 6.45) is 3.46. The standard InChI is InChI=1S/C15H21N5O/c1-5-20-12(4)14(11(3)19-20)18-15(21)17-10(2)13-7-6-8-16-9-13/h6-10H,5H2,1-4H3,(H2,17,18,21). The number of hydrogen-bond donors (Lipinski definition) is 2. The monoisotopic (exact) mass is 287 g/mol. The van der Waals surface area contributed by atoms with E-state index >= 15 is 0 Å². The molecule has 0 aliphatic heterocycles. The summed E-state index contributed by atoms with van der Waals surface area (Å²) in [5.41, 5.74) is 3.51. The molecule has 0 fully saturated rings. The van der Waals surface area contributed by atoms with Crippen LogP contribution in [0.25, 0.3) is 0 Å². The van der Waals surface area contributed by atoms with Gasteiger partial charge in [0.15, 0.2) is 0 Å². The van der Waals surface area contributed by atoms with Gasteiger partial charge in [0, 0.05) is 18.9 Å². The predicted molar refractivity (Wildman–Crippen MR) is 82.2 cm³/mol. The molecule has 0 aliphatic rings. The van der Waals surface area contributed by atoms with Crippen LogP contribution < -0.4 is 10.6 Å². The summed E-state index contributed by atoms with van der Waals surface area (Å²) in [5.74, 6) is 0. The number of carbonyl (C=O) groups is 1. The van der Waals surface area contributed by atoms with Crippen LogP contribution in [0.5, 0.6) is 0 Å². The van der Waals surface area contributed by atoms with E-state index in [-0.39, 0.29) is 12.1 Å². The summed E-state index contributed by atoms with van der Waals surface area (Å²) in [6, 6.07) is 3.43. The first-order chi connectivity index (χ1) is 10.0. The Bertz CT molecular complexity index is 620. The number of pyridine rings is 1. The first-order valence-corrected chi connectivity index (χ1v) is 7.04. The largest absolute Gasteiger partial charge is 0.331 e. The average molecular weight is 287 g/mol. The number of nitrogens with zero attached hydrogens (tertiary/aromatic N) is 3. The fraction of sp³-hybridized carbons (Fsp3) is 0.400. The van der Waals surface area contributed by atoms with Gasteiger partial charge in [0.2, 0.25) is 0 Å². The second kappa shape index (κ2) is 6.39. The Balaban J connectivity index is 2.04. The number of urea groups is 1. The van der Waals surface area contributed by atoms with E-state index < -0.39 is 0 Å². The predicted octanol–water partition coefficient (Wildman–Crippen LogP) is 2.80. The Morgan fingerprint density at radius 1 is 1.43 bits per heavy atom. The lowest BCUT2D eigenvalue weighted by atomic mass is 10.1. The third-order valence-corrected chi connectivity index (χ3v) is 3.45. The number of hydrogen-bond acceptors (Lipinski definition) is 3. The van der Waals surface area contributed by atoms with Crippen LogP contribution in [-0.2, 0) is 6.54 Å². The molecule has 2 aromatic heterocycles. The summed E-state index contributed by atoms with van der Waals surface area (Å²) in [4.78, 5) is 16.2. The molecule has 0 saturated carbocycles. The highest BCUT2D eigenvalue weighted by Crippen LogP contribution is 2.19. The zero-order valence-electron chi connectivity index (χ0n) is 12.8. The van der Waals surface area contributed by atoms with E-state index in [1.54, 1.807) is 12.4 Å². The molecule has 6 nitrogen and oxygen atoms in total. The van der Waals surface area contributed by atoms with Gasteiger partial charge in [-0.1, -0.05) is 6.07 Å². The van der Waals surface area contributed by atoms with Crippen LogP contribution in [0, 0.1) is 13.8 Å². The van der Waals surface area contributed by atoms with Crippen LogP contribution in [0.15, 0.2) is 24.5 Å². The molecular formula is C15H21N5O. The maximum absolute atomic E-state index is 12.1. The van der Waals surface area contributed by atoms with Crippen molar-refractivity contribution in [1.29, 1.82) is 0 Å². The van der Waals surface area contributed by atoms with Gasteiger partial charge in [-0.05, 0) is 39.3 Å². The van der Waals surface area contributed by atoms with E-state index in [0.29, 0.717) is 0 Å².